The summed E-state index contributed by atoms with van der Waals surface area (Å²) in [7, 11) is 0. The van der Waals surface area contributed by atoms with E-state index < -0.39 is 12.0 Å². The molecule has 3 aromatic rings. The van der Waals surface area contributed by atoms with Crippen molar-refractivity contribution in [1.82, 2.24) is 24.6 Å². The van der Waals surface area contributed by atoms with Gasteiger partial charge in [0.2, 0.25) is 0 Å². The van der Waals surface area contributed by atoms with Gasteiger partial charge >= 0.3 is 6.18 Å². The van der Waals surface area contributed by atoms with E-state index in [1.807, 2.05) is 37.1 Å². The fourth-order valence-electron chi connectivity index (χ4n) is 4.57. The van der Waals surface area contributed by atoms with Crippen LogP contribution in [0.4, 0.5) is 13.2 Å². The van der Waals surface area contributed by atoms with Gasteiger partial charge in [0.15, 0.2) is 0 Å². The summed E-state index contributed by atoms with van der Waals surface area (Å²) in [5.74, 6) is -1.13. The van der Waals surface area contributed by atoms with Crippen LogP contribution >= 0.6 is 0 Å². The number of aromatic nitrogens is 4. The third-order valence-corrected chi connectivity index (χ3v) is 6.42. The van der Waals surface area contributed by atoms with Gasteiger partial charge in [-0.2, -0.15) is 13.2 Å². The third-order valence-electron chi connectivity index (χ3n) is 6.42. The summed E-state index contributed by atoms with van der Waals surface area (Å²) in [4.78, 5) is 23.5. The molecule has 1 aliphatic heterocycles. The number of hydrogen-bond donors (Lipinski definition) is 0. The maximum absolute atomic E-state index is 13.8. The largest absolute Gasteiger partial charge is 0.453 e. The van der Waals surface area contributed by atoms with Crippen LogP contribution in [0.1, 0.15) is 59.2 Å². The molecular weight excluding hydrogens is 443 g/mol. The van der Waals surface area contributed by atoms with Gasteiger partial charge < -0.3 is 4.90 Å². The minimum absolute atomic E-state index is 0.0131. The van der Waals surface area contributed by atoms with E-state index in [0.717, 1.165) is 53.5 Å². The second kappa shape index (κ2) is 9.56. The Balaban J connectivity index is 1.62. The average molecular weight is 472 g/mol. The molecule has 0 aliphatic carbocycles. The number of piperidine rings is 1. The van der Waals surface area contributed by atoms with Gasteiger partial charge in [-0.15, -0.1) is 5.10 Å². The minimum atomic E-state index is -4.66. The fraction of sp³-hybridized carbons (Fsp3) is 0.440. The number of halogens is 3. The molecule has 4 rings (SSSR count). The van der Waals surface area contributed by atoms with Gasteiger partial charge in [-0.3, -0.25) is 9.78 Å². The Morgan fingerprint density at radius 2 is 1.88 bits per heavy atom. The molecule has 1 saturated heterocycles. The number of likely N-dealkylation sites (tertiary alicyclic amines) is 1. The lowest BCUT2D eigenvalue weighted by molar-refractivity contribution is -0.144. The lowest BCUT2D eigenvalue weighted by Crippen LogP contribution is -2.48. The van der Waals surface area contributed by atoms with Crippen LogP contribution in [0.5, 0.6) is 0 Å². The smallest absolute Gasteiger partial charge is 0.335 e. The Bertz CT molecular complexity index is 1160. The molecule has 3 heterocycles. The summed E-state index contributed by atoms with van der Waals surface area (Å²) in [5, 5.41) is 3.59. The molecule has 0 spiro atoms. The molecule has 0 N–H and O–H groups in total. The Hall–Kier alpha value is -3.23. The van der Waals surface area contributed by atoms with Crippen LogP contribution in [-0.4, -0.2) is 43.1 Å². The van der Waals surface area contributed by atoms with Crippen LogP contribution in [0, 0.1) is 19.8 Å². The topological polar surface area (TPSA) is 63.9 Å². The van der Waals surface area contributed by atoms with E-state index in [-0.39, 0.29) is 17.6 Å². The Kier molecular flexibility index (Phi) is 6.72. The molecule has 2 aromatic heterocycles. The number of pyridine rings is 1. The first-order valence-electron chi connectivity index (χ1n) is 11.5. The molecule has 180 valence electrons. The van der Waals surface area contributed by atoms with Crippen LogP contribution < -0.4 is 0 Å². The minimum Gasteiger partial charge on any atom is -0.335 e. The number of hydrogen-bond acceptors (Lipinski definition) is 4. The molecule has 0 radical (unpaired) electrons. The Morgan fingerprint density at radius 3 is 2.56 bits per heavy atom. The highest BCUT2D eigenvalue weighted by atomic mass is 19.4. The van der Waals surface area contributed by atoms with Crippen molar-refractivity contribution in [3.63, 3.8) is 0 Å². The van der Waals surface area contributed by atoms with Crippen molar-refractivity contribution >= 4 is 5.91 Å². The first-order valence-corrected chi connectivity index (χ1v) is 11.5. The van der Waals surface area contributed by atoms with E-state index in [0.29, 0.717) is 18.0 Å². The number of nitrogens with zero attached hydrogens (tertiary/aromatic N) is 5. The van der Waals surface area contributed by atoms with Crippen LogP contribution in [0.2, 0.25) is 0 Å². The highest BCUT2D eigenvalue weighted by Crippen LogP contribution is 2.30. The number of alkyl halides is 3. The maximum atomic E-state index is 13.8. The molecule has 34 heavy (non-hydrogen) atoms. The molecule has 0 saturated carbocycles. The number of rotatable bonds is 5. The van der Waals surface area contributed by atoms with Crippen molar-refractivity contribution in [2.75, 3.05) is 6.54 Å². The summed E-state index contributed by atoms with van der Waals surface area (Å²) >= 11 is 0. The van der Waals surface area contributed by atoms with E-state index in [4.69, 9.17) is 0 Å². The lowest BCUT2D eigenvalue weighted by Gasteiger charge is -2.40. The predicted octanol–water partition coefficient (Wildman–Crippen LogP) is 5.17. The number of amides is 1. The number of benzene rings is 1. The van der Waals surface area contributed by atoms with Gasteiger partial charge in [-0.1, -0.05) is 24.6 Å². The van der Waals surface area contributed by atoms with E-state index >= 15 is 0 Å². The van der Waals surface area contributed by atoms with Crippen LogP contribution in [0.15, 0.2) is 42.9 Å². The summed E-state index contributed by atoms with van der Waals surface area (Å²) < 4.78 is 40.2. The van der Waals surface area contributed by atoms with Crippen molar-refractivity contribution in [3.05, 3.63) is 71.1 Å². The molecule has 0 bridgehead atoms. The first-order chi connectivity index (χ1) is 16.1. The molecule has 6 nitrogen and oxygen atoms in total. The van der Waals surface area contributed by atoms with Gasteiger partial charge in [0.25, 0.3) is 11.7 Å². The van der Waals surface area contributed by atoms with Gasteiger partial charge in [-0.05, 0) is 69.2 Å². The third kappa shape index (κ3) is 5.13. The van der Waals surface area contributed by atoms with Crippen molar-refractivity contribution in [2.24, 2.45) is 5.92 Å². The molecule has 1 fully saturated rings. The second-order valence-corrected chi connectivity index (χ2v) is 9.08. The van der Waals surface area contributed by atoms with E-state index in [1.165, 1.54) is 0 Å². The van der Waals surface area contributed by atoms with Crippen molar-refractivity contribution in [2.45, 2.75) is 58.7 Å². The lowest BCUT2D eigenvalue weighted by atomic mass is 9.86. The van der Waals surface area contributed by atoms with Crippen molar-refractivity contribution in [3.8, 4) is 5.69 Å². The average Bonchev–Trinajstić information content (AvgIpc) is 3.29. The summed E-state index contributed by atoms with van der Waals surface area (Å²) in [6, 6.07) is 9.14. The highest BCUT2D eigenvalue weighted by molar-refractivity contribution is 5.98. The van der Waals surface area contributed by atoms with E-state index in [1.54, 1.807) is 18.2 Å². The molecule has 0 unspecified atom stereocenters. The van der Waals surface area contributed by atoms with Gasteiger partial charge in [-0.25, -0.2) is 9.67 Å². The van der Waals surface area contributed by atoms with Gasteiger partial charge in [0.05, 0.1) is 11.3 Å². The monoisotopic (exact) mass is 471 g/mol. The molecular formula is C25H28F3N5O. The number of aryl methyl sites for hydroxylation is 3. The van der Waals surface area contributed by atoms with Gasteiger partial charge in [0.1, 0.15) is 6.33 Å². The standard InChI is InChI=1S/C25H28F3N5O/c1-16-7-10-22(33-15-30-24(31-33)25(26,27)28)20(13-16)23(34)32-12-4-5-18(3)21(32)11-9-19-8-6-17(2)14-29-19/h6-8,10,13-15,18,21H,4-5,9,11-12H2,1-3H3/t18-,21-/m1/s1. The van der Waals surface area contributed by atoms with Crippen LogP contribution in [-0.2, 0) is 12.6 Å². The SMILES string of the molecule is Cc1ccc(CC[C@@H]2[C@H](C)CCCN2C(=O)c2cc(C)ccc2-n2cnc(C(F)(F)F)n2)nc1. The predicted molar refractivity (Wildman–Crippen MR) is 122 cm³/mol. The van der Waals surface area contributed by atoms with Gasteiger partial charge in [0, 0.05) is 24.5 Å². The Labute approximate surface area is 196 Å². The van der Waals surface area contributed by atoms with E-state index in [2.05, 4.69) is 22.0 Å². The number of carbonyl (C=O) groups excluding carboxylic acids is 1. The zero-order valence-corrected chi connectivity index (χ0v) is 19.5. The second-order valence-electron chi connectivity index (χ2n) is 9.08. The maximum Gasteiger partial charge on any atom is 0.453 e. The van der Waals surface area contributed by atoms with Crippen molar-refractivity contribution < 1.29 is 18.0 Å². The summed E-state index contributed by atoms with van der Waals surface area (Å²) in [6.45, 7) is 6.60. The highest BCUT2D eigenvalue weighted by Gasteiger charge is 2.37. The first kappa shape index (κ1) is 23.9. The normalized spacial score (nSPS) is 18.8. The fourth-order valence-corrected chi connectivity index (χ4v) is 4.57. The van der Waals surface area contributed by atoms with Crippen LogP contribution in [0.3, 0.4) is 0 Å². The molecule has 1 aromatic carbocycles. The van der Waals surface area contributed by atoms with E-state index in [9.17, 15) is 18.0 Å². The summed E-state index contributed by atoms with van der Waals surface area (Å²) in [5.41, 5.74) is 3.53. The quantitative estimate of drug-likeness (QED) is 0.515. The summed E-state index contributed by atoms with van der Waals surface area (Å²) in [6.07, 6.45) is 1.61. The van der Waals surface area contributed by atoms with Crippen LogP contribution in [0.25, 0.3) is 5.69 Å². The van der Waals surface area contributed by atoms with Crippen molar-refractivity contribution in [1.29, 1.82) is 0 Å². The zero-order chi connectivity index (χ0) is 24.5. The number of carbonyl (C=O) groups is 1. The zero-order valence-electron chi connectivity index (χ0n) is 19.5. The molecule has 1 amide bonds. The molecule has 2 atom stereocenters. The molecule has 9 heteroatoms. The molecule has 1 aliphatic rings. The Morgan fingerprint density at radius 1 is 1.12 bits per heavy atom.